The van der Waals surface area contributed by atoms with E-state index in [1.807, 2.05) is 0 Å². The van der Waals surface area contributed by atoms with Gasteiger partial charge in [-0.1, -0.05) is 0 Å². The van der Waals surface area contributed by atoms with Gasteiger partial charge < -0.3 is 35.1 Å². The fourth-order valence-electron chi connectivity index (χ4n) is 3.07. The second kappa shape index (κ2) is 11.6. The minimum absolute atomic E-state index is 0.0343. The number of halogens is 6. The van der Waals surface area contributed by atoms with E-state index in [-0.39, 0.29) is 11.4 Å². The van der Waals surface area contributed by atoms with E-state index >= 15 is 4.39 Å². The zero-order valence-electron chi connectivity index (χ0n) is 20.4. The number of carbonyl (C=O) groups excluding carboxylic acids is 2. The number of primary amides is 1. The third kappa shape index (κ3) is 8.45. The summed E-state index contributed by atoms with van der Waals surface area (Å²) in [6, 6.07) is 5.89. The number of nitrogens with two attached hydrogens (primary N) is 1. The highest BCUT2D eigenvalue weighted by molar-refractivity contribution is 6.37. The number of carbonyl (C=O) groups is 2. The minimum Gasteiger partial charge on any atom is -0.476 e. The Hall–Kier alpha value is -4.60. The van der Waals surface area contributed by atoms with E-state index in [0.29, 0.717) is 18.2 Å². The van der Waals surface area contributed by atoms with Gasteiger partial charge in [0.2, 0.25) is 0 Å². The molecule has 3 aromatic rings. The average Bonchev–Trinajstić information content (AvgIpc) is 2.78. The fourth-order valence-corrected chi connectivity index (χ4v) is 3.07. The normalized spacial score (nSPS) is 11.6. The molecule has 210 valence electrons. The summed E-state index contributed by atoms with van der Waals surface area (Å²) in [6.45, 7) is -3.39. The number of benzene rings is 2. The maximum absolute atomic E-state index is 15.0. The summed E-state index contributed by atoms with van der Waals surface area (Å²) in [4.78, 5) is 27.9. The number of hydrogen-bond acceptors (Lipinski definition) is 8. The highest BCUT2D eigenvalue weighted by atomic mass is 19.4. The van der Waals surface area contributed by atoms with Gasteiger partial charge in [-0.05, 0) is 24.3 Å². The number of ether oxygens (including phenoxy) is 4. The summed E-state index contributed by atoms with van der Waals surface area (Å²) in [5.74, 6) is -6.77. The van der Waals surface area contributed by atoms with Gasteiger partial charge in [-0.2, -0.15) is 8.78 Å². The molecule has 0 saturated heterocycles. The lowest BCUT2D eigenvalue weighted by molar-refractivity contribution is -0.274. The van der Waals surface area contributed by atoms with Gasteiger partial charge in [0.1, 0.15) is 39.9 Å². The second-order valence-corrected chi connectivity index (χ2v) is 8.21. The summed E-state index contributed by atoms with van der Waals surface area (Å²) in [5.41, 5.74) is 2.09. The van der Waals surface area contributed by atoms with Crippen LogP contribution in [0.2, 0.25) is 0 Å². The van der Waals surface area contributed by atoms with Crippen LogP contribution in [0.4, 0.5) is 32.0 Å². The van der Waals surface area contributed by atoms with E-state index in [9.17, 15) is 36.6 Å². The number of alkyl halides is 5. The van der Waals surface area contributed by atoms with Crippen LogP contribution in [0.3, 0.4) is 0 Å². The van der Waals surface area contributed by atoms with Crippen LogP contribution in [-0.2, 0) is 0 Å². The molecule has 2 aromatic carbocycles. The molecule has 2 amide bonds. The molecule has 0 fully saturated rings. The Bertz CT molecular complexity index is 1400. The van der Waals surface area contributed by atoms with Crippen LogP contribution < -0.4 is 30.0 Å². The van der Waals surface area contributed by atoms with E-state index in [0.717, 1.165) is 40.1 Å². The molecule has 0 radical (unpaired) electrons. The maximum Gasteiger partial charge on any atom is 0.573 e. The lowest BCUT2D eigenvalue weighted by Crippen LogP contribution is -2.36. The van der Waals surface area contributed by atoms with Crippen LogP contribution in [-0.4, -0.2) is 56.2 Å². The lowest BCUT2D eigenvalue weighted by atomic mass is 9.76. The molecule has 10 nitrogen and oxygen atoms in total. The SMILES string of the molecule is BC(B)(O)Oc1cc(OC(F)(F)F)ccc1Oc1cc(OC(F)F)cc(F)c1C(=O)Nc1ccc(C(N)=O)nc1. The van der Waals surface area contributed by atoms with Gasteiger partial charge >= 0.3 is 13.0 Å². The van der Waals surface area contributed by atoms with Crippen LogP contribution in [0.25, 0.3) is 0 Å². The molecular weight excluding hydrogens is 554 g/mol. The second-order valence-electron chi connectivity index (χ2n) is 8.21. The smallest absolute Gasteiger partial charge is 0.476 e. The molecule has 0 aliphatic heterocycles. The van der Waals surface area contributed by atoms with Crippen molar-refractivity contribution in [2.24, 2.45) is 5.73 Å². The molecule has 0 aliphatic carbocycles. The molecule has 0 aliphatic rings. The molecule has 0 bridgehead atoms. The van der Waals surface area contributed by atoms with Crippen LogP contribution in [0.15, 0.2) is 48.7 Å². The van der Waals surface area contributed by atoms with Gasteiger partial charge in [0.15, 0.2) is 27.2 Å². The van der Waals surface area contributed by atoms with Crippen molar-refractivity contribution in [1.29, 1.82) is 0 Å². The number of pyridine rings is 1. The van der Waals surface area contributed by atoms with Crippen LogP contribution >= 0.6 is 0 Å². The van der Waals surface area contributed by atoms with Crippen molar-refractivity contribution in [2.45, 2.75) is 18.6 Å². The maximum atomic E-state index is 15.0. The highest BCUT2D eigenvalue weighted by Gasteiger charge is 2.32. The van der Waals surface area contributed by atoms with Gasteiger partial charge in [-0.25, -0.2) is 9.37 Å². The number of anilines is 1. The Morgan fingerprint density at radius 2 is 1.65 bits per heavy atom. The predicted molar refractivity (Wildman–Crippen MR) is 130 cm³/mol. The minimum atomic E-state index is -5.09. The first-order valence-corrected chi connectivity index (χ1v) is 10.9. The zero-order valence-corrected chi connectivity index (χ0v) is 20.4. The molecule has 0 spiro atoms. The van der Waals surface area contributed by atoms with Crippen LogP contribution in [0.5, 0.6) is 28.7 Å². The molecule has 3 rings (SSSR count). The first-order valence-electron chi connectivity index (χ1n) is 10.9. The Morgan fingerprint density at radius 1 is 0.975 bits per heavy atom. The molecule has 0 saturated carbocycles. The van der Waals surface area contributed by atoms with Crippen molar-refractivity contribution < 1.29 is 60.0 Å². The largest absolute Gasteiger partial charge is 0.573 e. The molecule has 1 aromatic heterocycles. The zero-order chi connectivity index (χ0) is 29.8. The van der Waals surface area contributed by atoms with Gasteiger partial charge in [0.25, 0.3) is 11.8 Å². The van der Waals surface area contributed by atoms with Gasteiger partial charge in [-0.15, -0.1) is 13.2 Å². The fraction of sp³-hybridized carbons (Fsp3) is 0.136. The highest BCUT2D eigenvalue weighted by Crippen LogP contribution is 2.40. The molecule has 1 heterocycles. The van der Waals surface area contributed by atoms with Crippen molar-refractivity contribution in [3.63, 3.8) is 0 Å². The van der Waals surface area contributed by atoms with Crippen molar-refractivity contribution in [3.8, 4) is 28.7 Å². The topological polar surface area (TPSA) is 142 Å². The summed E-state index contributed by atoms with van der Waals surface area (Å²) < 4.78 is 97.5. The van der Waals surface area contributed by atoms with E-state index < -0.39 is 70.5 Å². The van der Waals surface area contributed by atoms with E-state index in [4.69, 9.17) is 15.2 Å². The van der Waals surface area contributed by atoms with Crippen molar-refractivity contribution in [3.05, 3.63) is 65.7 Å². The number of amides is 2. The first-order chi connectivity index (χ1) is 18.5. The summed E-state index contributed by atoms with van der Waals surface area (Å²) >= 11 is 0. The van der Waals surface area contributed by atoms with Crippen molar-refractivity contribution >= 4 is 33.2 Å². The van der Waals surface area contributed by atoms with E-state index in [2.05, 4.69) is 19.8 Å². The van der Waals surface area contributed by atoms with E-state index in [1.165, 1.54) is 6.07 Å². The third-order valence-electron chi connectivity index (χ3n) is 4.48. The molecule has 4 N–H and O–H groups in total. The Balaban J connectivity index is 2.06. The first kappa shape index (κ1) is 29.9. The summed E-state index contributed by atoms with van der Waals surface area (Å²) in [5, 5.41) is 12.3. The Morgan fingerprint density at radius 3 is 2.20 bits per heavy atom. The third-order valence-corrected chi connectivity index (χ3v) is 4.48. The number of aliphatic hydroxyl groups is 1. The molecule has 0 unspecified atom stereocenters. The number of rotatable bonds is 10. The Labute approximate surface area is 222 Å². The standard InChI is InChI=1S/C22H17B2F6N3O7/c23-21(24,36)40-15-6-10(39-22(28,29)30)2-4-14(15)38-16-7-11(37-20(26)27)5-12(25)17(16)19(35)33-9-1-3-13(18(31)34)32-8-9/h1-8,20,36H,23-24H2,(H2,31,34)(H,33,35). The molecule has 18 heteroatoms. The van der Waals surface area contributed by atoms with E-state index in [1.54, 1.807) is 0 Å². The van der Waals surface area contributed by atoms with Crippen LogP contribution in [0, 0.1) is 5.82 Å². The van der Waals surface area contributed by atoms with Crippen molar-refractivity contribution in [1.82, 2.24) is 4.98 Å². The number of aromatic nitrogens is 1. The molecule has 40 heavy (non-hydrogen) atoms. The Kier molecular flexibility index (Phi) is 8.72. The number of hydrogen-bond donors (Lipinski definition) is 3. The average molecular weight is 571 g/mol. The van der Waals surface area contributed by atoms with Gasteiger partial charge in [0, 0.05) is 18.2 Å². The van der Waals surface area contributed by atoms with Gasteiger partial charge in [-0.3, -0.25) is 9.59 Å². The summed E-state index contributed by atoms with van der Waals surface area (Å²) in [7, 11) is 2.25. The summed E-state index contributed by atoms with van der Waals surface area (Å²) in [6.07, 6.45) is -4.06. The lowest BCUT2D eigenvalue weighted by Gasteiger charge is -2.23. The molecular formula is C22H17B2F6N3O7. The van der Waals surface area contributed by atoms with Crippen molar-refractivity contribution in [2.75, 3.05) is 5.32 Å². The number of nitrogens with one attached hydrogen (secondary N) is 1. The monoisotopic (exact) mass is 571 g/mol. The van der Waals surface area contributed by atoms with Gasteiger partial charge in [0.05, 0.1) is 11.9 Å². The number of nitrogens with zero attached hydrogens (tertiary/aromatic N) is 1. The predicted octanol–water partition coefficient (Wildman–Crippen LogP) is 2.11. The quantitative estimate of drug-likeness (QED) is 0.191. The molecule has 0 atom stereocenters. The van der Waals surface area contributed by atoms with Crippen LogP contribution in [0.1, 0.15) is 20.8 Å².